The molecular formula is C8H10F3N3O3. The van der Waals surface area contributed by atoms with E-state index in [0.29, 0.717) is 4.90 Å². The second kappa shape index (κ2) is 6.05. The van der Waals surface area contributed by atoms with Gasteiger partial charge in [0.25, 0.3) is 0 Å². The minimum atomic E-state index is -4.77. The number of rotatable bonds is 6. The van der Waals surface area contributed by atoms with Crippen LogP contribution in [0.4, 0.5) is 13.2 Å². The standard InChI is InChI=1S/C8H10F3N3O3/c9-8(10,11)5(1-12)2-14(3-6(13)15)4-7(16)17/h5H,2-4H2,(H2,13,15)(H,16,17). The molecule has 0 heterocycles. The number of halogens is 3. The number of nitriles is 1. The second-order valence-electron chi connectivity index (χ2n) is 3.25. The number of amides is 1. The highest BCUT2D eigenvalue weighted by molar-refractivity contribution is 5.77. The van der Waals surface area contributed by atoms with Gasteiger partial charge in [-0.2, -0.15) is 18.4 Å². The second-order valence-corrected chi connectivity index (χ2v) is 3.25. The molecule has 1 atom stereocenters. The number of alkyl halides is 3. The number of carbonyl (C=O) groups excluding carboxylic acids is 1. The van der Waals surface area contributed by atoms with Crippen LogP contribution in [0.3, 0.4) is 0 Å². The van der Waals surface area contributed by atoms with E-state index < -0.39 is 43.6 Å². The molecule has 0 aromatic rings. The molecule has 1 unspecified atom stereocenters. The fraction of sp³-hybridized carbons (Fsp3) is 0.625. The number of primary amides is 1. The molecule has 0 aromatic carbocycles. The summed E-state index contributed by atoms with van der Waals surface area (Å²) in [6.07, 6.45) is -4.77. The first-order chi connectivity index (χ1) is 7.66. The molecule has 0 saturated heterocycles. The van der Waals surface area contributed by atoms with Crippen LogP contribution in [0, 0.1) is 17.2 Å². The van der Waals surface area contributed by atoms with Crippen molar-refractivity contribution < 1.29 is 27.9 Å². The molecule has 0 aliphatic carbocycles. The summed E-state index contributed by atoms with van der Waals surface area (Å²) in [7, 11) is 0. The Balaban J connectivity index is 4.66. The summed E-state index contributed by atoms with van der Waals surface area (Å²) < 4.78 is 36.7. The maximum atomic E-state index is 12.2. The Labute approximate surface area is 94.4 Å². The van der Waals surface area contributed by atoms with E-state index in [0.717, 1.165) is 6.07 Å². The van der Waals surface area contributed by atoms with E-state index in [4.69, 9.17) is 16.1 Å². The number of nitrogens with zero attached hydrogens (tertiary/aromatic N) is 2. The van der Waals surface area contributed by atoms with E-state index in [9.17, 15) is 22.8 Å². The predicted octanol–water partition coefficient (Wildman–Crippen LogP) is -0.440. The van der Waals surface area contributed by atoms with Gasteiger partial charge in [0.1, 0.15) is 0 Å². The third-order valence-corrected chi connectivity index (χ3v) is 1.73. The van der Waals surface area contributed by atoms with Crippen molar-refractivity contribution >= 4 is 11.9 Å². The van der Waals surface area contributed by atoms with Crippen LogP contribution in [-0.2, 0) is 9.59 Å². The number of hydrogen-bond donors (Lipinski definition) is 2. The summed E-state index contributed by atoms with van der Waals surface area (Å²) >= 11 is 0. The van der Waals surface area contributed by atoms with Crippen molar-refractivity contribution in [2.75, 3.05) is 19.6 Å². The van der Waals surface area contributed by atoms with Crippen molar-refractivity contribution in [1.29, 1.82) is 5.26 Å². The Bertz CT molecular complexity index is 321. The first kappa shape index (κ1) is 15.2. The average Bonchev–Trinajstić information content (AvgIpc) is 2.09. The van der Waals surface area contributed by atoms with E-state index in [2.05, 4.69) is 0 Å². The lowest BCUT2D eigenvalue weighted by molar-refractivity contribution is -0.165. The number of carboxylic acids is 1. The van der Waals surface area contributed by atoms with Gasteiger partial charge in [-0.1, -0.05) is 0 Å². The molecule has 0 radical (unpaired) electrons. The molecule has 0 fully saturated rings. The molecule has 0 bridgehead atoms. The van der Waals surface area contributed by atoms with Crippen LogP contribution in [0.15, 0.2) is 0 Å². The molecule has 96 valence electrons. The highest BCUT2D eigenvalue weighted by Crippen LogP contribution is 2.26. The predicted molar refractivity (Wildman–Crippen MR) is 48.4 cm³/mol. The van der Waals surface area contributed by atoms with Crippen LogP contribution in [0.2, 0.25) is 0 Å². The highest BCUT2D eigenvalue weighted by Gasteiger charge is 2.41. The minimum absolute atomic E-state index is 0.652. The van der Waals surface area contributed by atoms with Gasteiger partial charge in [0.05, 0.1) is 19.2 Å². The lowest BCUT2D eigenvalue weighted by Gasteiger charge is -2.22. The van der Waals surface area contributed by atoms with Gasteiger partial charge in [-0.15, -0.1) is 0 Å². The summed E-state index contributed by atoms with van der Waals surface area (Å²) in [6.45, 7) is -2.35. The van der Waals surface area contributed by atoms with Crippen molar-refractivity contribution in [3.8, 4) is 6.07 Å². The quantitative estimate of drug-likeness (QED) is 0.667. The number of hydrogen-bond acceptors (Lipinski definition) is 4. The topological polar surface area (TPSA) is 107 Å². The lowest BCUT2D eigenvalue weighted by atomic mass is 10.1. The van der Waals surface area contributed by atoms with Crippen molar-refractivity contribution in [3.63, 3.8) is 0 Å². The molecule has 0 spiro atoms. The monoisotopic (exact) mass is 253 g/mol. The van der Waals surface area contributed by atoms with Crippen LogP contribution in [0.5, 0.6) is 0 Å². The van der Waals surface area contributed by atoms with Gasteiger partial charge in [-0.3, -0.25) is 14.5 Å². The first-order valence-corrected chi connectivity index (χ1v) is 4.35. The fourth-order valence-electron chi connectivity index (χ4n) is 1.07. The molecule has 1 amide bonds. The number of carbonyl (C=O) groups is 2. The molecule has 17 heavy (non-hydrogen) atoms. The van der Waals surface area contributed by atoms with Gasteiger partial charge in [-0.05, 0) is 0 Å². The van der Waals surface area contributed by atoms with Crippen LogP contribution in [-0.4, -0.2) is 47.7 Å². The molecule has 0 aliphatic heterocycles. The van der Waals surface area contributed by atoms with E-state index in [1.807, 2.05) is 0 Å². The number of aliphatic carboxylic acids is 1. The van der Waals surface area contributed by atoms with E-state index >= 15 is 0 Å². The Kier molecular flexibility index (Phi) is 5.40. The molecule has 6 nitrogen and oxygen atoms in total. The summed E-state index contributed by atoms with van der Waals surface area (Å²) in [6, 6.07) is 1.01. The van der Waals surface area contributed by atoms with Crippen LogP contribution >= 0.6 is 0 Å². The number of carboxylic acid groups (broad SMARTS) is 1. The zero-order chi connectivity index (χ0) is 13.6. The summed E-state index contributed by atoms with van der Waals surface area (Å²) in [5.74, 6) is -4.74. The Morgan fingerprint density at radius 3 is 2.24 bits per heavy atom. The fourth-order valence-corrected chi connectivity index (χ4v) is 1.07. The van der Waals surface area contributed by atoms with Gasteiger partial charge < -0.3 is 10.8 Å². The maximum absolute atomic E-state index is 12.2. The molecule has 0 aromatic heterocycles. The summed E-state index contributed by atoms with van der Waals surface area (Å²) in [4.78, 5) is 21.5. The maximum Gasteiger partial charge on any atom is 0.405 e. The highest BCUT2D eigenvalue weighted by atomic mass is 19.4. The van der Waals surface area contributed by atoms with Gasteiger partial charge in [0.2, 0.25) is 5.91 Å². The number of nitrogens with two attached hydrogens (primary N) is 1. The van der Waals surface area contributed by atoms with Crippen molar-refractivity contribution in [2.45, 2.75) is 6.18 Å². The van der Waals surface area contributed by atoms with E-state index in [1.54, 1.807) is 0 Å². The zero-order valence-corrected chi connectivity index (χ0v) is 8.57. The molecular weight excluding hydrogens is 243 g/mol. The van der Waals surface area contributed by atoms with Gasteiger partial charge in [0, 0.05) is 6.54 Å². The first-order valence-electron chi connectivity index (χ1n) is 4.35. The van der Waals surface area contributed by atoms with Crippen LogP contribution in [0.1, 0.15) is 0 Å². The molecule has 0 saturated carbocycles. The third-order valence-electron chi connectivity index (χ3n) is 1.73. The molecule has 0 aliphatic rings. The van der Waals surface area contributed by atoms with Crippen LogP contribution in [0.25, 0.3) is 0 Å². The molecule has 3 N–H and O–H groups in total. The summed E-state index contributed by atoms with van der Waals surface area (Å²) in [5, 5.41) is 16.7. The zero-order valence-electron chi connectivity index (χ0n) is 8.57. The van der Waals surface area contributed by atoms with E-state index in [-0.39, 0.29) is 0 Å². The van der Waals surface area contributed by atoms with E-state index in [1.165, 1.54) is 0 Å². The Hall–Kier alpha value is -1.82. The Morgan fingerprint density at radius 1 is 1.41 bits per heavy atom. The van der Waals surface area contributed by atoms with Crippen LogP contribution < -0.4 is 5.73 Å². The van der Waals surface area contributed by atoms with Crippen molar-refractivity contribution in [3.05, 3.63) is 0 Å². The summed E-state index contributed by atoms with van der Waals surface area (Å²) in [5.41, 5.74) is 4.76. The molecule has 0 rings (SSSR count). The smallest absolute Gasteiger partial charge is 0.405 e. The lowest BCUT2D eigenvalue weighted by Crippen LogP contribution is -2.43. The average molecular weight is 253 g/mol. The van der Waals surface area contributed by atoms with Gasteiger partial charge in [0.15, 0.2) is 5.92 Å². The third kappa shape index (κ3) is 6.36. The Morgan fingerprint density at radius 2 is 1.94 bits per heavy atom. The van der Waals surface area contributed by atoms with Crippen molar-refractivity contribution in [2.24, 2.45) is 11.7 Å². The minimum Gasteiger partial charge on any atom is -0.480 e. The van der Waals surface area contributed by atoms with Gasteiger partial charge in [-0.25, -0.2) is 0 Å². The normalized spacial score (nSPS) is 13.1. The largest absolute Gasteiger partial charge is 0.480 e. The molecule has 9 heteroatoms. The van der Waals surface area contributed by atoms with Gasteiger partial charge >= 0.3 is 12.1 Å². The van der Waals surface area contributed by atoms with Crippen molar-refractivity contribution in [1.82, 2.24) is 4.90 Å². The SMILES string of the molecule is N#CC(CN(CC(N)=O)CC(=O)O)C(F)(F)F.